The summed E-state index contributed by atoms with van der Waals surface area (Å²) in [7, 11) is 0. The van der Waals surface area contributed by atoms with Crippen LogP contribution >= 0.6 is 0 Å². The van der Waals surface area contributed by atoms with Gasteiger partial charge >= 0.3 is 198 Å². The van der Waals surface area contributed by atoms with E-state index in [9.17, 15) is 14.4 Å². The van der Waals surface area contributed by atoms with Crippen molar-refractivity contribution in [1.29, 1.82) is 0 Å². The van der Waals surface area contributed by atoms with E-state index in [0.717, 1.165) is 77.0 Å². The molecule has 0 bridgehead atoms. The van der Waals surface area contributed by atoms with Gasteiger partial charge in [-0.3, -0.25) is 0 Å². The predicted octanol–water partition coefficient (Wildman–Crippen LogP) is 6.01. The van der Waals surface area contributed by atoms with Crippen LogP contribution in [0.25, 0.3) is 0 Å². The monoisotopic (exact) mass is 632 g/mol. The quantitative estimate of drug-likeness (QED) is 0.105. The second kappa shape index (κ2) is 21.7. The van der Waals surface area contributed by atoms with Crippen LogP contribution < -0.4 is 0 Å². The number of carbonyl (C=O) groups is 3. The maximum atomic E-state index is 12.0. The number of hydrogen-bond acceptors (Lipinski definition) is 6. The molecular formula is C24H39BiO6. The zero-order chi connectivity index (χ0) is 23.2. The van der Waals surface area contributed by atoms with Crippen molar-refractivity contribution in [2.75, 3.05) is 0 Å². The van der Waals surface area contributed by atoms with E-state index in [1.807, 2.05) is 0 Å². The Morgan fingerprint density at radius 3 is 1.10 bits per heavy atom. The second-order valence-electron chi connectivity index (χ2n) is 7.15. The molecule has 0 aromatic rings. The van der Waals surface area contributed by atoms with Crippen LogP contribution in [0.15, 0.2) is 36.5 Å². The van der Waals surface area contributed by atoms with E-state index in [0.29, 0.717) is 0 Å². The maximum absolute atomic E-state index is 12.0. The van der Waals surface area contributed by atoms with E-state index < -0.39 is 41.0 Å². The first kappa shape index (κ1) is 29.5. The Hall–Kier alpha value is -1.49. The molecule has 0 unspecified atom stereocenters. The predicted molar refractivity (Wildman–Crippen MR) is 124 cm³/mol. The van der Waals surface area contributed by atoms with Gasteiger partial charge in [0.15, 0.2) is 0 Å². The molecule has 0 rings (SSSR count). The summed E-state index contributed by atoms with van der Waals surface area (Å²) in [5.74, 6) is -1.93. The van der Waals surface area contributed by atoms with E-state index in [1.165, 1.54) is 18.2 Å². The van der Waals surface area contributed by atoms with Gasteiger partial charge in [0.25, 0.3) is 0 Å². The SMILES string of the molecule is CCCCCC=CC(=O)[O][Bi]([O]C(=O)C=CCCCCC)[O]C(=O)C=CCCCCC. The van der Waals surface area contributed by atoms with Crippen LogP contribution in [0.1, 0.15) is 97.8 Å². The molecule has 0 aliphatic rings. The zero-order valence-electron chi connectivity index (χ0n) is 19.3. The third-order valence-electron chi connectivity index (χ3n) is 4.18. The molecule has 176 valence electrons. The minimum absolute atomic E-state index is 0.645. The molecule has 0 radical (unpaired) electrons. The van der Waals surface area contributed by atoms with Gasteiger partial charge in [0, 0.05) is 0 Å². The third-order valence-corrected chi connectivity index (χ3v) is 8.02. The molecule has 0 aromatic carbocycles. The summed E-state index contributed by atoms with van der Waals surface area (Å²) in [6.07, 6.45) is 20.9. The molecule has 0 N–H and O–H groups in total. The average Bonchev–Trinajstić information content (AvgIpc) is 2.73. The Labute approximate surface area is 197 Å². The first-order valence-corrected chi connectivity index (χ1v) is 15.7. The van der Waals surface area contributed by atoms with Crippen molar-refractivity contribution in [2.24, 2.45) is 0 Å². The molecule has 0 amide bonds. The number of carbonyl (C=O) groups excluding carboxylic acids is 3. The van der Waals surface area contributed by atoms with Crippen LogP contribution in [0, 0.1) is 0 Å². The average molecular weight is 633 g/mol. The first-order valence-electron chi connectivity index (χ1n) is 11.5. The topological polar surface area (TPSA) is 78.9 Å². The van der Waals surface area contributed by atoms with Crippen molar-refractivity contribution < 1.29 is 22.8 Å². The summed E-state index contributed by atoms with van der Waals surface area (Å²) in [6, 6.07) is 0. The van der Waals surface area contributed by atoms with Gasteiger partial charge in [0.05, 0.1) is 0 Å². The van der Waals surface area contributed by atoms with Gasteiger partial charge in [-0.05, 0) is 0 Å². The van der Waals surface area contributed by atoms with Gasteiger partial charge in [0.2, 0.25) is 0 Å². The summed E-state index contributed by atoms with van der Waals surface area (Å²) in [5.41, 5.74) is 0. The molecule has 0 aliphatic carbocycles. The zero-order valence-corrected chi connectivity index (χ0v) is 22.8. The van der Waals surface area contributed by atoms with E-state index >= 15 is 0 Å². The van der Waals surface area contributed by atoms with Crippen molar-refractivity contribution in [3.63, 3.8) is 0 Å². The summed E-state index contributed by atoms with van der Waals surface area (Å²) in [6.45, 7) is 6.32. The molecule has 0 saturated heterocycles. The van der Waals surface area contributed by atoms with Crippen LogP contribution in [0.2, 0.25) is 0 Å². The van der Waals surface area contributed by atoms with Crippen LogP contribution in [0.3, 0.4) is 0 Å². The number of rotatable bonds is 18. The van der Waals surface area contributed by atoms with E-state index in [-0.39, 0.29) is 0 Å². The summed E-state index contributed by atoms with van der Waals surface area (Å²) in [5, 5.41) is 0. The van der Waals surface area contributed by atoms with Gasteiger partial charge in [0.1, 0.15) is 0 Å². The van der Waals surface area contributed by atoms with Gasteiger partial charge in [-0.2, -0.15) is 0 Å². The molecule has 7 heteroatoms. The summed E-state index contributed by atoms with van der Waals surface area (Å²) >= 11 is -4.04. The molecule has 0 spiro atoms. The van der Waals surface area contributed by atoms with Gasteiger partial charge in [-0.1, -0.05) is 0 Å². The Morgan fingerprint density at radius 2 is 0.839 bits per heavy atom. The number of allylic oxidation sites excluding steroid dienone is 3. The molecule has 0 fully saturated rings. The van der Waals surface area contributed by atoms with Crippen LogP contribution in [-0.4, -0.2) is 41.0 Å². The molecular weight excluding hydrogens is 593 g/mol. The molecule has 31 heavy (non-hydrogen) atoms. The Bertz CT molecular complexity index is 502. The van der Waals surface area contributed by atoms with Crippen molar-refractivity contribution in [3.05, 3.63) is 36.5 Å². The first-order chi connectivity index (χ1) is 15.0. The standard InChI is InChI=1S/3C8H14O2.Bi/c3*1-2-3-4-5-6-7-8(9)10;/h3*6-7H,2-5H2,1H3,(H,9,10);/q;;;+3/p-3. The normalized spacial score (nSPS) is 11.6. The molecule has 6 nitrogen and oxygen atoms in total. The van der Waals surface area contributed by atoms with Crippen molar-refractivity contribution in [3.8, 4) is 0 Å². The van der Waals surface area contributed by atoms with Crippen LogP contribution in [-0.2, 0) is 22.8 Å². The Kier molecular flexibility index (Phi) is 20.7. The van der Waals surface area contributed by atoms with Crippen LogP contribution in [0.5, 0.6) is 0 Å². The van der Waals surface area contributed by atoms with Gasteiger partial charge in [-0.25, -0.2) is 0 Å². The number of hydrogen-bond donors (Lipinski definition) is 0. The van der Waals surface area contributed by atoms with Gasteiger partial charge < -0.3 is 0 Å². The van der Waals surface area contributed by atoms with Crippen molar-refractivity contribution in [2.45, 2.75) is 97.8 Å². The number of unbranched alkanes of at least 4 members (excludes halogenated alkanes) is 9. The Morgan fingerprint density at radius 1 is 0.548 bits per heavy atom. The fraction of sp³-hybridized carbons (Fsp3) is 0.625. The summed E-state index contributed by atoms with van der Waals surface area (Å²) < 4.78 is 15.6. The van der Waals surface area contributed by atoms with Crippen molar-refractivity contribution >= 4 is 41.0 Å². The Balaban J connectivity index is 4.74. The summed E-state index contributed by atoms with van der Waals surface area (Å²) in [4.78, 5) is 36.1. The molecule has 0 aromatic heterocycles. The third kappa shape index (κ3) is 20.2. The minimum atomic E-state index is -4.04. The van der Waals surface area contributed by atoms with E-state index in [1.54, 1.807) is 18.2 Å². The fourth-order valence-corrected chi connectivity index (χ4v) is 5.30. The molecule has 0 atom stereocenters. The molecule has 0 aliphatic heterocycles. The van der Waals surface area contributed by atoms with Crippen LogP contribution in [0.4, 0.5) is 0 Å². The van der Waals surface area contributed by atoms with E-state index in [4.69, 9.17) is 8.44 Å². The van der Waals surface area contributed by atoms with Crippen molar-refractivity contribution in [1.82, 2.24) is 0 Å². The second-order valence-corrected chi connectivity index (χ2v) is 11.0. The fourth-order valence-electron chi connectivity index (χ4n) is 2.44. The molecule has 0 heterocycles. The molecule has 0 saturated carbocycles. The van der Waals surface area contributed by atoms with E-state index in [2.05, 4.69) is 20.8 Å². The van der Waals surface area contributed by atoms with Gasteiger partial charge in [-0.15, -0.1) is 0 Å².